The van der Waals surface area contributed by atoms with Gasteiger partial charge in [0.1, 0.15) is 17.7 Å². The standard InChI is InChI=1S/C30H24ClN3O7S/c1-19(35)40-17-23-18-42-29-30(31,32-16-20-12-14-24(15-13-20)34(38)39)28(37)33(29)25(23)27(36)41-26(21-8-4-2-5-9-21)22-10-6-3-7-11-22/h2-16,26,29H,17-18H2,1H3/t29-,30-/m1/s1. The maximum absolute atomic E-state index is 13.9. The summed E-state index contributed by atoms with van der Waals surface area (Å²) < 4.78 is 11.2. The van der Waals surface area contributed by atoms with E-state index in [9.17, 15) is 24.5 Å². The number of halogens is 1. The molecule has 12 heteroatoms. The van der Waals surface area contributed by atoms with Crippen molar-refractivity contribution >= 4 is 53.1 Å². The van der Waals surface area contributed by atoms with Gasteiger partial charge in [-0.2, -0.15) is 0 Å². The highest BCUT2D eigenvalue weighted by Gasteiger charge is 2.64. The van der Waals surface area contributed by atoms with Gasteiger partial charge in [-0.1, -0.05) is 72.3 Å². The van der Waals surface area contributed by atoms with Crippen LogP contribution in [0, 0.1) is 10.1 Å². The van der Waals surface area contributed by atoms with Crippen molar-refractivity contribution < 1.29 is 28.8 Å². The maximum atomic E-state index is 13.9. The molecule has 0 saturated carbocycles. The summed E-state index contributed by atoms with van der Waals surface area (Å²) >= 11 is 8.00. The second-order valence-corrected chi connectivity index (χ2v) is 11.1. The molecule has 1 fully saturated rings. The van der Waals surface area contributed by atoms with Crippen LogP contribution >= 0.6 is 23.4 Å². The van der Waals surface area contributed by atoms with Crippen LogP contribution in [-0.2, 0) is 23.9 Å². The zero-order chi connectivity index (χ0) is 29.9. The zero-order valence-corrected chi connectivity index (χ0v) is 23.8. The molecule has 0 unspecified atom stereocenters. The molecule has 3 aromatic rings. The predicted octanol–water partition coefficient (Wildman–Crippen LogP) is 5.01. The smallest absolute Gasteiger partial charge is 0.356 e. The summed E-state index contributed by atoms with van der Waals surface area (Å²) in [5, 5.41) is 10.2. The molecule has 0 bridgehead atoms. The first-order chi connectivity index (χ1) is 20.2. The Labute approximate surface area is 250 Å². The molecule has 0 N–H and O–H groups in total. The van der Waals surface area contributed by atoms with Gasteiger partial charge in [-0.3, -0.25) is 29.6 Å². The van der Waals surface area contributed by atoms with Crippen molar-refractivity contribution in [3.8, 4) is 0 Å². The monoisotopic (exact) mass is 605 g/mol. The Bertz CT molecular complexity index is 1540. The van der Waals surface area contributed by atoms with Gasteiger partial charge in [-0.05, 0) is 28.8 Å². The van der Waals surface area contributed by atoms with Crippen LogP contribution in [0.15, 0.2) is 101 Å². The molecule has 1 saturated heterocycles. The lowest BCUT2D eigenvalue weighted by Gasteiger charge is -2.52. The number of benzene rings is 3. The van der Waals surface area contributed by atoms with Crippen molar-refractivity contribution in [3.05, 3.63) is 123 Å². The Morgan fingerprint density at radius 3 is 2.24 bits per heavy atom. The summed E-state index contributed by atoms with van der Waals surface area (Å²) in [6, 6.07) is 24.0. The van der Waals surface area contributed by atoms with E-state index in [1.807, 2.05) is 60.7 Å². The molecule has 0 aromatic heterocycles. The Hall–Kier alpha value is -4.48. The number of hydrogen-bond acceptors (Lipinski definition) is 9. The minimum absolute atomic E-state index is 0.0383. The number of rotatable bonds is 9. The molecule has 42 heavy (non-hydrogen) atoms. The van der Waals surface area contributed by atoms with Crippen LogP contribution < -0.4 is 0 Å². The second-order valence-electron chi connectivity index (χ2n) is 9.46. The van der Waals surface area contributed by atoms with Gasteiger partial charge in [0, 0.05) is 36.6 Å². The van der Waals surface area contributed by atoms with E-state index in [0.29, 0.717) is 11.1 Å². The number of carbonyl (C=O) groups excluding carboxylic acids is 3. The topological polar surface area (TPSA) is 128 Å². The Kier molecular flexibility index (Phi) is 8.41. The maximum Gasteiger partial charge on any atom is 0.356 e. The number of ether oxygens (including phenoxy) is 2. The van der Waals surface area contributed by atoms with Crippen molar-refractivity contribution in [1.82, 2.24) is 4.90 Å². The SMILES string of the molecule is CC(=O)OCC1=C(C(=O)OC(c2ccccc2)c2ccccc2)N2C(=O)[C@@](Cl)(N=Cc3ccc([N+](=O)[O-])cc3)[C@H]2SC1. The number of alkyl halides is 1. The van der Waals surface area contributed by atoms with Crippen molar-refractivity contribution in [1.29, 1.82) is 0 Å². The molecule has 3 aromatic carbocycles. The zero-order valence-electron chi connectivity index (χ0n) is 22.2. The van der Waals surface area contributed by atoms with E-state index >= 15 is 0 Å². The normalized spacial score (nSPS) is 19.8. The number of amides is 1. The fraction of sp³-hybridized carbons (Fsp3) is 0.200. The highest BCUT2D eigenvalue weighted by molar-refractivity contribution is 8.00. The Morgan fingerprint density at radius 1 is 1.10 bits per heavy atom. The van der Waals surface area contributed by atoms with Gasteiger partial charge in [-0.25, -0.2) is 4.79 Å². The Morgan fingerprint density at radius 2 is 1.69 bits per heavy atom. The summed E-state index contributed by atoms with van der Waals surface area (Å²) in [4.78, 5) is 53.2. The number of non-ortho nitro benzene ring substituents is 1. The van der Waals surface area contributed by atoms with Crippen molar-refractivity contribution in [2.45, 2.75) is 23.4 Å². The molecule has 2 atom stereocenters. The van der Waals surface area contributed by atoms with Crippen LogP contribution in [0.4, 0.5) is 5.69 Å². The van der Waals surface area contributed by atoms with E-state index in [1.165, 1.54) is 54.1 Å². The van der Waals surface area contributed by atoms with Crippen LogP contribution in [0.5, 0.6) is 0 Å². The van der Waals surface area contributed by atoms with Gasteiger partial charge in [0.25, 0.3) is 11.6 Å². The fourth-order valence-electron chi connectivity index (χ4n) is 4.57. The van der Waals surface area contributed by atoms with Crippen LogP contribution in [-0.4, -0.2) is 56.6 Å². The van der Waals surface area contributed by atoms with Gasteiger partial charge >= 0.3 is 11.9 Å². The third-order valence-corrected chi connectivity index (χ3v) is 8.63. The van der Waals surface area contributed by atoms with E-state index in [1.54, 1.807) is 0 Å². The highest BCUT2D eigenvalue weighted by atomic mass is 35.5. The highest BCUT2D eigenvalue weighted by Crippen LogP contribution is 2.51. The molecule has 5 rings (SSSR count). The van der Waals surface area contributed by atoms with Crippen LogP contribution in [0.1, 0.15) is 29.7 Å². The van der Waals surface area contributed by atoms with Crippen LogP contribution in [0.3, 0.4) is 0 Å². The lowest BCUT2D eigenvalue weighted by molar-refractivity contribution is -0.384. The van der Waals surface area contributed by atoms with Crippen molar-refractivity contribution in [3.63, 3.8) is 0 Å². The number of hydrogen-bond donors (Lipinski definition) is 0. The first kappa shape index (κ1) is 29.0. The number of aliphatic imine (C=N–C) groups is 1. The molecule has 0 aliphatic carbocycles. The Balaban J connectivity index is 1.45. The lowest BCUT2D eigenvalue weighted by atomic mass is 10.0. The number of fused-ring (bicyclic) bond motifs is 1. The average Bonchev–Trinajstić information content (AvgIpc) is 3.01. The summed E-state index contributed by atoms with van der Waals surface area (Å²) in [7, 11) is 0. The lowest BCUT2D eigenvalue weighted by Crippen LogP contribution is -2.70. The van der Waals surface area contributed by atoms with Crippen LogP contribution in [0.25, 0.3) is 0 Å². The molecule has 1 amide bonds. The molecule has 0 radical (unpaired) electrons. The molecule has 2 heterocycles. The number of thioether (sulfide) groups is 1. The number of nitro benzene ring substituents is 1. The van der Waals surface area contributed by atoms with Gasteiger partial charge in [0.05, 0.1) is 4.92 Å². The minimum atomic E-state index is -1.72. The molecular weight excluding hydrogens is 582 g/mol. The predicted molar refractivity (Wildman–Crippen MR) is 157 cm³/mol. The third-order valence-electron chi connectivity index (χ3n) is 6.65. The number of carbonyl (C=O) groups is 3. The summed E-state index contributed by atoms with van der Waals surface area (Å²) in [6.45, 7) is 1.05. The van der Waals surface area contributed by atoms with Crippen molar-refractivity contribution in [2.24, 2.45) is 4.99 Å². The molecule has 10 nitrogen and oxygen atoms in total. The van der Waals surface area contributed by atoms with Crippen LogP contribution in [0.2, 0.25) is 0 Å². The van der Waals surface area contributed by atoms with Gasteiger partial charge in [0.15, 0.2) is 6.10 Å². The quantitative estimate of drug-likeness (QED) is 0.0633. The molecule has 2 aliphatic heterocycles. The molecule has 2 aliphatic rings. The molecule has 0 spiro atoms. The van der Waals surface area contributed by atoms with E-state index in [2.05, 4.69) is 4.99 Å². The number of nitro groups is 1. The molecule has 214 valence electrons. The third kappa shape index (κ3) is 5.79. The van der Waals surface area contributed by atoms with E-state index in [0.717, 1.165) is 11.1 Å². The molecular formula is C30H24ClN3O7S. The average molecular weight is 606 g/mol. The van der Waals surface area contributed by atoms with Gasteiger partial charge in [-0.15, -0.1) is 11.8 Å². The van der Waals surface area contributed by atoms with E-state index < -0.39 is 39.2 Å². The largest absolute Gasteiger partial charge is 0.461 e. The van der Waals surface area contributed by atoms with E-state index in [-0.39, 0.29) is 23.7 Å². The summed E-state index contributed by atoms with van der Waals surface area (Å²) in [6.07, 6.45) is 0.594. The van der Waals surface area contributed by atoms with Gasteiger partial charge in [0.2, 0.25) is 5.00 Å². The summed E-state index contributed by atoms with van der Waals surface area (Å²) in [5.74, 6) is -1.73. The number of nitrogens with zero attached hydrogens (tertiary/aromatic N) is 3. The number of β-lactam (4-membered cyclic amide) rings is 1. The summed E-state index contributed by atoms with van der Waals surface area (Å²) in [5.41, 5.74) is 2.25. The first-order valence-corrected chi connectivity index (χ1v) is 14.2. The van der Waals surface area contributed by atoms with Gasteiger partial charge < -0.3 is 9.47 Å². The second kappa shape index (κ2) is 12.2. The first-order valence-electron chi connectivity index (χ1n) is 12.8. The number of esters is 2. The van der Waals surface area contributed by atoms with Crippen molar-refractivity contribution in [2.75, 3.05) is 12.4 Å². The fourth-order valence-corrected chi connectivity index (χ4v) is 6.30. The minimum Gasteiger partial charge on any atom is -0.461 e. The van der Waals surface area contributed by atoms with E-state index in [4.69, 9.17) is 21.1 Å².